The van der Waals surface area contributed by atoms with Crippen LogP contribution in [0.5, 0.6) is 11.6 Å². The van der Waals surface area contributed by atoms with Gasteiger partial charge in [0.2, 0.25) is 5.88 Å². The number of ether oxygens (including phenoxy) is 3. The van der Waals surface area contributed by atoms with E-state index in [1.165, 1.54) is 0 Å². The van der Waals surface area contributed by atoms with Crippen LogP contribution in [-0.4, -0.2) is 47.7 Å². The number of nitrogens with one attached hydrogen (secondary N) is 1. The van der Waals surface area contributed by atoms with Gasteiger partial charge in [0.1, 0.15) is 18.5 Å². The van der Waals surface area contributed by atoms with Crippen molar-refractivity contribution >= 4 is 5.91 Å². The molecule has 1 amide bonds. The molecule has 0 spiro atoms. The molecule has 8 heteroatoms. The van der Waals surface area contributed by atoms with Crippen LogP contribution in [-0.2, 0) is 17.7 Å². The molecular weight excluding hydrogens is 396 g/mol. The van der Waals surface area contributed by atoms with Gasteiger partial charge in [-0.15, -0.1) is 0 Å². The molecule has 2 aromatic rings. The molecule has 1 aromatic carbocycles. The average Bonchev–Trinajstić information content (AvgIpc) is 3.37. The summed E-state index contributed by atoms with van der Waals surface area (Å²) < 4.78 is 19.0. The summed E-state index contributed by atoms with van der Waals surface area (Å²) in [5, 5.41) is 16.5. The molecule has 0 saturated carbocycles. The van der Waals surface area contributed by atoms with Crippen LogP contribution >= 0.6 is 0 Å². The first kappa shape index (κ1) is 19.9. The van der Waals surface area contributed by atoms with E-state index < -0.39 is 0 Å². The Morgan fingerprint density at radius 1 is 1.26 bits per heavy atom. The maximum Gasteiger partial charge on any atom is 0.272 e. The monoisotopic (exact) mass is 422 g/mol. The van der Waals surface area contributed by atoms with Crippen molar-refractivity contribution in [1.82, 2.24) is 15.1 Å². The Balaban J connectivity index is 1.14. The van der Waals surface area contributed by atoms with Gasteiger partial charge < -0.3 is 19.5 Å². The fourth-order valence-electron chi connectivity index (χ4n) is 4.56. The lowest BCUT2D eigenvalue weighted by Gasteiger charge is -2.26. The molecule has 31 heavy (non-hydrogen) atoms. The van der Waals surface area contributed by atoms with E-state index in [1.807, 2.05) is 12.1 Å². The number of amides is 1. The Morgan fingerprint density at radius 2 is 2.13 bits per heavy atom. The Labute approximate surface area is 181 Å². The predicted molar refractivity (Wildman–Crippen MR) is 111 cm³/mol. The number of fused-ring (bicyclic) bond motifs is 2. The van der Waals surface area contributed by atoms with Crippen molar-refractivity contribution in [3.8, 4) is 17.7 Å². The van der Waals surface area contributed by atoms with Crippen LogP contribution < -0.4 is 14.8 Å². The minimum absolute atomic E-state index is 0.125. The zero-order valence-corrected chi connectivity index (χ0v) is 17.4. The molecule has 5 rings (SSSR count). The van der Waals surface area contributed by atoms with Crippen LogP contribution in [0.3, 0.4) is 0 Å². The van der Waals surface area contributed by atoms with E-state index in [-0.39, 0.29) is 18.1 Å². The number of aromatic nitrogens is 2. The van der Waals surface area contributed by atoms with Crippen LogP contribution in [0.25, 0.3) is 0 Å². The van der Waals surface area contributed by atoms with Crippen molar-refractivity contribution in [2.45, 2.75) is 50.8 Å². The minimum Gasteiger partial charge on any atom is -0.491 e. The molecule has 0 radical (unpaired) electrons. The lowest BCUT2D eigenvalue weighted by atomic mass is 9.93. The van der Waals surface area contributed by atoms with Crippen molar-refractivity contribution in [3.05, 3.63) is 41.1 Å². The minimum atomic E-state index is -0.238. The van der Waals surface area contributed by atoms with Crippen molar-refractivity contribution in [2.75, 3.05) is 19.8 Å². The quantitative estimate of drug-likeness (QED) is 0.795. The average molecular weight is 422 g/mol. The standard InChI is InChI=1S/C23H26N4O4/c24-12-16-2-4-21-17(9-16)10-18(14-30-21)25-23(28)20-11-22-27(26-20)13-19(31-22)3-1-15-5-7-29-8-6-15/h2,4,9,11,15,18-19H,1,3,5-8,10,13-14H2,(H,25,28)/t18-,19?/m1/s1. The van der Waals surface area contributed by atoms with Crippen LogP contribution in [0.1, 0.15) is 47.3 Å². The van der Waals surface area contributed by atoms with Crippen molar-refractivity contribution in [1.29, 1.82) is 5.26 Å². The van der Waals surface area contributed by atoms with Gasteiger partial charge in [0.05, 0.1) is 24.2 Å². The number of nitrogens with zero attached hydrogens (tertiary/aromatic N) is 3. The summed E-state index contributed by atoms with van der Waals surface area (Å²) >= 11 is 0. The largest absolute Gasteiger partial charge is 0.491 e. The van der Waals surface area contributed by atoms with Gasteiger partial charge in [0, 0.05) is 19.3 Å². The summed E-state index contributed by atoms with van der Waals surface area (Å²) in [5.41, 5.74) is 1.87. The molecule has 1 unspecified atom stereocenters. The third kappa shape index (κ3) is 4.37. The Hall–Kier alpha value is -3.05. The van der Waals surface area contributed by atoms with Crippen molar-refractivity contribution in [2.24, 2.45) is 5.92 Å². The number of nitriles is 1. The van der Waals surface area contributed by atoms with Gasteiger partial charge >= 0.3 is 0 Å². The van der Waals surface area contributed by atoms with E-state index in [0.717, 1.165) is 56.1 Å². The summed E-state index contributed by atoms with van der Waals surface area (Å²) in [6, 6.07) is 9.04. The van der Waals surface area contributed by atoms with E-state index in [4.69, 9.17) is 19.5 Å². The number of benzene rings is 1. The highest BCUT2D eigenvalue weighted by molar-refractivity contribution is 5.92. The molecule has 162 valence electrons. The van der Waals surface area contributed by atoms with Gasteiger partial charge in [0.15, 0.2) is 5.69 Å². The number of hydrogen-bond donors (Lipinski definition) is 1. The molecule has 4 heterocycles. The fourth-order valence-corrected chi connectivity index (χ4v) is 4.56. The number of carbonyl (C=O) groups excluding carboxylic acids is 1. The van der Waals surface area contributed by atoms with E-state index >= 15 is 0 Å². The smallest absolute Gasteiger partial charge is 0.272 e. The van der Waals surface area contributed by atoms with Crippen LogP contribution in [0.15, 0.2) is 24.3 Å². The third-order valence-corrected chi connectivity index (χ3v) is 6.31. The van der Waals surface area contributed by atoms with E-state index in [0.29, 0.717) is 36.7 Å². The Morgan fingerprint density at radius 3 is 2.94 bits per heavy atom. The molecular formula is C23H26N4O4. The second kappa shape index (κ2) is 8.60. The predicted octanol–water partition coefficient (Wildman–Crippen LogP) is 2.46. The van der Waals surface area contributed by atoms with Gasteiger partial charge in [-0.2, -0.15) is 10.4 Å². The van der Waals surface area contributed by atoms with Gasteiger partial charge in [-0.25, -0.2) is 4.68 Å². The number of carbonyl (C=O) groups is 1. The van der Waals surface area contributed by atoms with E-state index in [1.54, 1.807) is 16.8 Å². The highest BCUT2D eigenvalue weighted by Gasteiger charge is 2.29. The molecule has 1 fully saturated rings. The summed E-state index contributed by atoms with van der Waals surface area (Å²) in [7, 11) is 0. The first-order valence-corrected chi connectivity index (χ1v) is 11.0. The molecule has 3 aliphatic heterocycles. The third-order valence-electron chi connectivity index (χ3n) is 6.31. The molecule has 1 aromatic heterocycles. The van der Waals surface area contributed by atoms with Gasteiger partial charge in [0.25, 0.3) is 5.91 Å². The zero-order valence-electron chi connectivity index (χ0n) is 17.4. The van der Waals surface area contributed by atoms with Gasteiger partial charge in [-0.1, -0.05) is 0 Å². The molecule has 0 aliphatic carbocycles. The zero-order chi connectivity index (χ0) is 21.2. The normalized spacial score (nSPS) is 22.5. The maximum absolute atomic E-state index is 12.7. The SMILES string of the molecule is N#Cc1ccc2c(c1)C[C@@H](NC(=O)c1cc3n(n1)CC(CCC1CCOCC1)O3)CO2. The number of rotatable bonds is 5. The highest BCUT2D eigenvalue weighted by Crippen LogP contribution is 2.29. The summed E-state index contributed by atoms with van der Waals surface area (Å²) in [6.45, 7) is 2.81. The van der Waals surface area contributed by atoms with Crippen molar-refractivity contribution < 1.29 is 19.0 Å². The first-order chi connectivity index (χ1) is 15.2. The van der Waals surface area contributed by atoms with Crippen LogP contribution in [0.4, 0.5) is 0 Å². The molecule has 1 saturated heterocycles. The first-order valence-electron chi connectivity index (χ1n) is 11.0. The Bertz CT molecular complexity index is 982. The fraction of sp³-hybridized carbons (Fsp3) is 0.522. The second-order valence-electron chi connectivity index (χ2n) is 8.54. The second-order valence-corrected chi connectivity index (χ2v) is 8.54. The molecule has 2 atom stereocenters. The number of hydrogen-bond acceptors (Lipinski definition) is 6. The Kier molecular flexibility index (Phi) is 5.51. The maximum atomic E-state index is 12.7. The van der Waals surface area contributed by atoms with Crippen molar-refractivity contribution in [3.63, 3.8) is 0 Å². The summed E-state index contributed by atoms with van der Waals surface area (Å²) in [6.07, 6.45) is 5.15. The van der Waals surface area contributed by atoms with Crippen LogP contribution in [0.2, 0.25) is 0 Å². The highest BCUT2D eigenvalue weighted by atomic mass is 16.5. The van der Waals surface area contributed by atoms with E-state index in [9.17, 15) is 4.79 Å². The summed E-state index contributed by atoms with van der Waals surface area (Å²) in [4.78, 5) is 12.7. The van der Waals surface area contributed by atoms with Gasteiger partial charge in [-0.05, 0) is 61.8 Å². The van der Waals surface area contributed by atoms with Crippen LogP contribution in [0, 0.1) is 17.2 Å². The molecule has 0 bridgehead atoms. The molecule has 8 nitrogen and oxygen atoms in total. The van der Waals surface area contributed by atoms with Gasteiger partial charge in [-0.3, -0.25) is 4.79 Å². The molecule has 1 N–H and O–H groups in total. The molecule has 3 aliphatic rings. The van der Waals surface area contributed by atoms with E-state index in [2.05, 4.69) is 16.5 Å². The lowest BCUT2D eigenvalue weighted by molar-refractivity contribution is 0.0594. The lowest BCUT2D eigenvalue weighted by Crippen LogP contribution is -2.43. The summed E-state index contributed by atoms with van der Waals surface area (Å²) in [5.74, 6) is 1.91. The topological polar surface area (TPSA) is 98.4 Å².